The Balaban J connectivity index is 1.59. The summed E-state index contributed by atoms with van der Waals surface area (Å²) < 4.78 is 31.8. The summed E-state index contributed by atoms with van der Waals surface area (Å²) >= 11 is 2.72. The molecule has 5 nitrogen and oxygen atoms in total. The highest BCUT2D eigenvalue weighted by atomic mass is 32.2. The lowest BCUT2D eigenvalue weighted by atomic mass is 9.94. The van der Waals surface area contributed by atoms with Crippen LogP contribution in [0.2, 0.25) is 0 Å². The molecule has 0 spiro atoms. The van der Waals surface area contributed by atoms with Gasteiger partial charge in [0.15, 0.2) is 4.34 Å². The van der Waals surface area contributed by atoms with E-state index in [-0.39, 0.29) is 16.4 Å². The van der Waals surface area contributed by atoms with Crippen LogP contribution in [0.15, 0.2) is 97.4 Å². The number of rotatable bonds is 4. The molecule has 4 aromatic rings. The molecule has 0 saturated carbocycles. The standard InChI is InChI=1S/C24H16N2O3S3/c1-15-10-12-16(13-11-15)32(28,29)26-20-14-22(23(27)18-7-3-2-6-17(18)20)31-24-25-19-8-4-5-9-21(19)30-24/h2-14H,1H3. The average Bonchev–Trinajstić information content (AvgIpc) is 3.19. The summed E-state index contributed by atoms with van der Waals surface area (Å²) in [4.78, 5) is 18.2. The predicted octanol–water partition coefficient (Wildman–Crippen LogP) is 5.66. The minimum Gasteiger partial charge on any atom is -0.288 e. The van der Waals surface area contributed by atoms with Gasteiger partial charge in [-0.3, -0.25) is 4.79 Å². The van der Waals surface area contributed by atoms with Gasteiger partial charge in [-0.1, -0.05) is 65.9 Å². The lowest BCUT2D eigenvalue weighted by Gasteiger charge is -2.16. The maximum absolute atomic E-state index is 13.1. The molecule has 0 radical (unpaired) electrons. The van der Waals surface area contributed by atoms with Crippen molar-refractivity contribution in [1.82, 2.24) is 4.98 Å². The van der Waals surface area contributed by atoms with Crippen LogP contribution in [0.5, 0.6) is 0 Å². The van der Waals surface area contributed by atoms with Gasteiger partial charge in [0.1, 0.15) is 0 Å². The van der Waals surface area contributed by atoms with E-state index in [2.05, 4.69) is 9.38 Å². The Morgan fingerprint density at radius 1 is 0.906 bits per heavy atom. The first kappa shape index (κ1) is 20.8. The Hall–Kier alpha value is -3.07. The molecule has 0 N–H and O–H groups in total. The Labute approximate surface area is 193 Å². The topological polar surface area (TPSA) is 76.5 Å². The number of thiazole rings is 1. The zero-order valence-electron chi connectivity index (χ0n) is 16.8. The molecular formula is C24H16N2O3S3. The Bertz CT molecular complexity index is 1500. The van der Waals surface area contributed by atoms with Gasteiger partial charge in [-0.15, -0.1) is 11.3 Å². The fourth-order valence-corrected chi connectivity index (χ4v) is 6.44. The summed E-state index contributed by atoms with van der Waals surface area (Å²) in [6.45, 7) is 1.89. The minimum absolute atomic E-state index is 0.110. The normalized spacial score (nSPS) is 15.1. The molecule has 158 valence electrons. The van der Waals surface area contributed by atoms with Crippen molar-refractivity contribution in [2.75, 3.05) is 0 Å². The van der Waals surface area contributed by atoms with Crippen LogP contribution in [0, 0.1) is 6.92 Å². The van der Waals surface area contributed by atoms with Gasteiger partial charge < -0.3 is 0 Å². The minimum atomic E-state index is -3.94. The van der Waals surface area contributed by atoms with Crippen LogP contribution in [0.1, 0.15) is 21.5 Å². The first-order valence-corrected chi connectivity index (χ1v) is 12.8. The summed E-state index contributed by atoms with van der Waals surface area (Å²) in [5, 5.41) is 0. The number of fused-ring (bicyclic) bond motifs is 2. The summed E-state index contributed by atoms with van der Waals surface area (Å²) in [5.41, 5.74) is 2.99. The summed E-state index contributed by atoms with van der Waals surface area (Å²) in [5.74, 6) is -0.170. The van der Waals surface area contributed by atoms with E-state index in [0.717, 1.165) is 15.8 Å². The van der Waals surface area contributed by atoms with Crippen LogP contribution in [0.25, 0.3) is 10.2 Å². The van der Waals surface area contributed by atoms with Crippen molar-refractivity contribution in [2.45, 2.75) is 16.2 Å². The average molecular weight is 477 g/mol. The van der Waals surface area contributed by atoms with E-state index in [0.29, 0.717) is 20.4 Å². The van der Waals surface area contributed by atoms with E-state index in [1.807, 2.05) is 31.2 Å². The number of carbonyl (C=O) groups is 1. The third-order valence-electron chi connectivity index (χ3n) is 4.95. The third-order valence-corrected chi connectivity index (χ3v) is 8.37. The molecule has 0 unspecified atom stereocenters. The van der Waals surface area contributed by atoms with Crippen molar-refractivity contribution in [2.24, 2.45) is 4.40 Å². The Morgan fingerprint density at radius 3 is 2.34 bits per heavy atom. The highest BCUT2D eigenvalue weighted by molar-refractivity contribution is 8.05. The van der Waals surface area contributed by atoms with Crippen molar-refractivity contribution in [1.29, 1.82) is 0 Å². The third kappa shape index (κ3) is 3.92. The summed E-state index contributed by atoms with van der Waals surface area (Å²) in [6, 6.07) is 21.2. The van der Waals surface area contributed by atoms with Crippen molar-refractivity contribution < 1.29 is 13.2 Å². The van der Waals surface area contributed by atoms with E-state index in [1.165, 1.54) is 35.2 Å². The second-order valence-electron chi connectivity index (χ2n) is 7.20. The number of nitrogens with zero attached hydrogens (tertiary/aromatic N) is 2. The molecule has 0 atom stereocenters. The smallest absolute Gasteiger partial charge is 0.282 e. The zero-order valence-corrected chi connectivity index (χ0v) is 19.3. The van der Waals surface area contributed by atoms with Crippen molar-refractivity contribution in [3.63, 3.8) is 0 Å². The largest absolute Gasteiger partial charge is 0.288 e. The summed E-state index contributed by atoms with van der Waals surface area (Å²) in [7, 11) is -3.94. The number of allylic oxidation sites excluding steroid dienone is 2. The SMILES string of the molecule is Cc1ccc(S(=O)(=O)N=C2C=C(Sc3nc4ccccc4s3)C(=O)c3ccccc32)cc1. The lowest BCUT2D eigenvalue weighted by Crippen LogP contribution is -2.17. The molecule has 1 heterocycles. The number of Topliss-reactive ketones (excluding diaryl/α,β-unsaturated/α-hetero) is 1. The van der Waals surface area contributed by atoms with Crippen molar-refractivity contribution in [3.8, 4) is 0 Å². The molecular weight excluding hydrogens is 460 g/mol. The molecule has 0 aliphatic heterocycles. The summed E-state index contributed by atoms with van der Waals surface area (Å²) in [6.07, 6.45) is 1.55. The van der Waals surface area contributed by atoms with Crippen LogP contribution < -0.4 is 0 Å². The number of benzene rings is 3. The number of hydrogen-bond donors (Lipinski definition) is 0. The van der Waals surface area contributed by atoms with Gasteiger partial charge in [0.25, 0.3) is 10.0 Å². The number of aromatic nitrogens is 1. The molecule has 1 aliphatic rings. The molecule has 0 bridgehead atoms. The van der Waals surface area contributed by atoms with Crippen LogP contribution in [-0.4, -0.2) is 24.9 Å². The molecule has 0 amide bonds. The number of para-hydroxylation sites is 1. The van der Waals surface area contributed by atoms with E-state index >= 15 is 0 Å². The highest BCUT2D eigenvalue weighted by Gasteiger charge is 2.27. The number of sulfonamides is 1. The van der Waals surface area contributed by atoms with Crippen molar-refractivity contribution in [3.05, 3.63) is 100 Å². The maximum atomic E-state index is 13.1. The fraction of sp³-hybridized carbons (Fsp3) is 0.0417. The fourth-order valence-electron chi connectivity index (χ4n) is 3.34. The number of hydrogen-bond acceptors (Lipinski definition) is 6. The van der Waals surface area contributed by atoms with E-state index < -0.39 is 10.0 Å². The monoisotopic (exact) mass is 476 g/mol. The van der Waals surface area contributed by atoms with Gasteiger partial charge >= 0.3 is 0 Å². The quantitative estimate of drug-likeness (QED) is 0.380. The van der Waals surface area contributed by atoms with Gasteiger partial charge in [-0.25, -0.2) is 4.98 Å². The number of ketones is 1. The maximum Gasteiger partial charge on any atom is 0.282 e. The number of aryl methyl sites for hydroxylation is 1. The van der Waals surface area contributed by atoms with Crippen molar-refractivity contribution >= 4 is 54.8 Å². The van der Waals surface area contributed by atoms with E-state index in [4.69, 9.17) is 0 Å². The van der Waals surface area contributed by atoms with Gasteiger partial charge in [0.2, 0.25) is 5.78 Å². The van der Waals surface area contributed by atoms with Crippen LogP contribution in [-0.2, 0) is 10.0 Å². The molecule has 8 heteroatoms. The Morgan fingerprint density at radius 2 is 1.59 bits per heavy atom. The second kappa shape index (κ2) is 8.12. The van der Waals surface area contributed by atoms with Crippen LogP contribution in [0.4, 0.5) is 0 Å². The first-order valence-electron chi connectivity index (χ1n) is 9.71. The van der Waals surface area contributed by atoms with E-state index in [1.54, 1.807) is 42.5 Å². The van der Waals surface area contributed by atoms with Gasteiger partial charge in [-0.2, -0.15) is 12.8 Å². The molecule has 3 aromatic carbocycles. The molecule has 0 fully saturated rings. The number of thioether (sulfide) groups is 1. The lowest BCUT2D eigenvalue weighted by molar-refractivity contribution is 0.104. The predicted molar refractivity (Wildman–Crippen MR) is 129 cm³/mol. The van der Waals surface area contributed by atoms with Gasteiger partial charge in [0, 0.05) is 11.1 Å². The van der Waals surface area contributed by atoms with Gasteiger partial charge in [-0.05, 0) is 37.3 Å². The number of carbonyl (C=O) groups excluding carboxylic acids is 1. The van der Waals surface area contributed by atoms with Crippen LogP contribution >= 0.6 is 23.1 Å². The Kier molecular flexibility index (Phi) is 5.28. The van der Waals surface area contributed by atoms with Gasteiger partial charge in [0.05, 0.1) is 25.7 Å². The molecule has 5 rings (SSSR count). The molecule has 32 heavy (non-hydrogen) atoms. The highest BCUT2D eigenvalue weighted by Crippen LogP contribution is 2.37. The molecule has 1 aliphatic carbocycles. The first-order chi connectivity index (χ1) is 15.4. The second-order valence-corrected chi connectivity index (χ2v) is 11.1. The molecule has 1 aromatic heterocycles. The molecule has 0 saturated heterocycles. The van der Waals surface area contributed by atoms with Crippen LogP contribution in [0.3, 0.4) is 0 Å². The zero-order chi connectivity index (χ0) is 22.3. The van der Waals surface area contributed by atoms with E-state index in [9.17, 15) is 13.2 Å².